The molecule has 0 saturated heterocycles. The van der Waals surface area contributed by atoms with Gasteiger partial charge in [-0.25, -0.2) is 0 Å². The van der Waals surface area contributed by atoms with E-state index in [2.05, 4.69) is 63.2 Å². The number of hydrogen-bond acceptors (Lipinski definition) is 0. The number of nitrogens with one attached hydrogen (secondary N) is 1. The van der Waals surface area contributed by atoms with Crippen molar-refractivity contribution in [2.24, 2.45) is 0 Å². The Kier molecular flexibility index (Phi) is 2.23. The minimum Gasteiger partial charge on any atom is -0.348 e. The van der Waals surface area contributed by atoms with Gasteiger partial charge in [0.1, 0.15) is 5.65 Å². The highest BCUT2D eigenvalue weighted by atomic mass is 15.1. The topological polar surface area (TPSA) is 20.7 Å². The fraction of sp³-hybridized carbons (Fsp3) is 0.571. The van der Waals surface area contributed by atoms with Gasteiger partial charge in [0, 0.05) is 28.2 Å². The predicted molar refractivity (Wildman–Crippen MR) is 70.0 cm³/mol. The number of aromatic amines is 1. The molecular weight excluding hydrogens is 196 g/mol. The smallest absolute Gasteiger partial charge is 0.118 e. The second-order valence-electron chi connectivity index (χ2n) is 6.57. The minimum absolute atomic E-state index is 0.106. The minimum atomic E-state index is 0.106. The van der Waals surface area contributed by atoms with Crippen LogP contribution < -0.4 is 0 Å². The molecule has 0 aliphatic rings. The van der Waals surface area contributed by atoms with Crippen molar-refractivity contribution < 1.29 is 0 Å². The molecule has 0 atom stereocenters. The summed E-state index contributed by atoms with van der Waals surface area (Å²) >= 11 is 0. The molecule has 0 saturated carbocycles. The normalized spacial score (nSPS) is 13.6. The Labute approximate surface area is 97.7 Å². The van der Waals surface area contributed by atoms with Crippen LogP contribution in [0.5, 0.6) is 0 Å². The molecule has 2 aromatic rings. The van der Waals surface area contributed by atoms with Gasteiger partial charge in [-0.05, 0) is 32.9 Å². The molecule has 2 heteroatoms. The molecule has 88 valence electrons. The lowest BCUT2D eigenvalue weighted by atomic mass is 9.91. The van der Waals surface area contributed by atoms with Crippen LogP contribution in [0.4, 0.5) is 0 Å². The van der Waals surface area contributed by atoms with Crippen molar-refractivity contribution in [3.05, 3.63) is 24.0 Å². The summed E-state index contributed by atoms with van der Waals surface area (Å²) in [6, 6.07) is 4.45. The molecule has 0 bridgehead atoms. The van der Waals surface area contributed by atoms with Crippen molar-refractivity contribution in [3.63, 3.8) is 0 Å². The van der Waals surface area contributed by atoms with Crippen LogP contribution in [0.1, 0.15) is 47.2 Å². The zero-order valence-electron chi connectivity index (χ0n) is 11.2. The molecule has 0 amide bonds. The molecule has 0 aliphatic carbocycles. The van der Waals surface area contributed by atoms with Crippen molar-refractivity contribution in [3.8, 4) is 0 Å². The summed E-state index contributed by atoms with van der Waals surface area (Å²) in [5, 5.41) is 1.31. The summed E-state index contributed by atoms with van der Waals surface area (Å²) in [5.41, 5.74) is 2.90. The number of hydrogen-bond donors (Lipinski definition) is 1. The van der Waals surface area contributed by atoms with Crippen LogP contribution in [-0.2, 0) is 11.0 Å². The van der Waals surface area contributed by atoms with E-state index >= 15 is 0 Å². The van der Waals surface area contributed by atoms with Crippen molar-refractivity contribution in [2.75, 3.05) is 0 Å². The molecule has 0 unspecified atom stereocenters. The standard InChI is InChI=1S/C14H22N2/c1-13(2,3)11-9-10-7-8-15-12(10)16(11)14(4,5)6/h7-9,15H,1-6H3. The van der Waals surface area contributed by atoms with E-state index in [1.54, 1.807) is 0 Å². The maximum Gasteiger partial charge on any atom is 0.118 e. The third kappa shape index (κ3) is 1.66. The van der Waals surface area contributed by atoms with Gasteiger partial charge in [-0.1, -0.05) is 20.8 Å². The van der Waals surface area contributed by atoms with Gasteiger partial charge < -0.3 is 9.55 Å². The maximum absolute atomic E-state index is 3.35. The number of H-pyrrole nitrogens is 1. The molecule has 0 radical (unpaired) electrons. The first-order chi connectivity index (χ1) is 7.21. The van der Waals surface area contributed by atoms with Gasteiger partial charge in [0.05, 0.1) is 0 Å². The molecule has 2 rings (SSSR count). The van der Waals surface area contributed by atoms with Gasteiger partial charge >= 0.3 is 0 Å². The zero-order valence-corrected chi connectivity index (χ0v) is 11.2. The second kappa shape index (κ2) is 3.16. The van der Waals surface area contributed by atoms with E-state index < -0.39 is 0 Å². The van der Waals surface area contributed by atoms with Gasteiger partial charge in [-0.15, -0.1) is 0 Å². The second-order valence-corrected chi connectivity index (χ2v) is 6.57. The number of fused-ring (bicyclic) bond motifs is 1. The van der Waals surface area contributed by atoms with Crippen LogP contribution in [0.2, 0.25) is 0 Å². The van der Waals surface area contributed by atoms with Gasteiger partial charge in [0.25, 0.3) is 0 Å². The predicted octanol–water partition coefficient (Wildman–Crippen LogP) is 4.02. The average molecular weight is 218 g/mol. The maximum atomic E-state index is 3.35. The largest absolute Gasteiger partial charge is 0.348 e. The summed E-state index contributed by atoms with van der Waals surface area (Å²) in [6.07, 6.45) is 2.01. The van der Waals surface area contributed by atoms with Gasteiger partial charge in [0.15, 0.2) is 0 Å². The quantitative estimate of drug-likeness (QED) is 0.689. The first kappa shape index (κ1) is 11.3. The highest BCUT2D eigenvalue weighted by Crippen LogP contribution is 2.33. The van der Waals surface area contributed by atoms with Crippen molar-refractivity contribution in [1.29, 1.82) is 0 Å². The summed E-state index contributed by atoms with van der Waals surface area (Å²) in [6.45, 7) is 13.6. The van der Waals surface area contributed by atoms with Crippen LogP contribution in [0.15, 0.2) is 18.3 Å². The van der Waals surface area contributed by atoms with Gasteiger partial charge in [-0.3, -0.25) is 0 Å². The van der Waals surface area contributed by atoms with Crippen molar-refractivity contribution >= 4 is 11.0 Å². The van der Waals surface area contributed by atoms with Crippen LogP contribution in [0.25, 0.3) is 11.0 Å². The highest BCUT2D eigenvalue weighted by molar-refractivity contribution is 5.79. The Morgan fingerprint density at radius 2 is 1.69 bits per heavy atom. The molecule has 16 heavy (non-hydrogen) atoms. The Hall–Kier alpha value is -1.18. The van der Waals surface area contributed by atoms with E-state index in [-0.39, 0.29) is 11.0 Å². The van der Waals surface area contributed by atoms with Crippen molar-refractivity contribution in [1.82, 2.24) is 9.55 Å². The summed E-state index contributed by atoms with van der Waals surface area (Å²) in [4.78, 5) is 3.35. The monoisotopic (exact) mass is 218 g/mol. The Bertz CT molecular complexity index is 501. The SMILES string of the molecule is CC(C)(C)c1cc2cc[nH]c2n1C(C)(C)C. The molecule has 0 aliphatic heterocycles. The van der Waals surface area contributed by atoms with Crippen LogP contribution >= 0.6 is 0 Å². The Balaban J connectivity index is 2.79. The number of nitrogens with zero attached hydrogens (tertiary/aromatic N) is 1. The van der Waals surface area contributed by atoms with E-state index in [4.69, 9.17) is 0 Å². The third-order valence-corrected chi connectivity index (χ3v) is 2.95. The van der Waals surface area contributed by atoms with Crippen LogP contribution in [0.3, 0.4) is 0 Å². The fourth-order valence-electron chi connectivity index (χ4n) is 2.26. The lowest BCUT2D eigenvalue weighted by molar-refractivity contribution is 0.370. The van der Waals surface area contributed by atoms with E-state index in [1.807, 2.05) is 6.20 Å². The summed E-state index contributed by atoms with van der Waals surface area (Å²) in [7, 11) is 0. The van der Waals surface area contributed by atoms with E-state index in [9.17, 15) is 0 Å². The lowest BCUT2D eigenvalue weighted by Gasteiger charge is -2.30. The lowest BCUT2D eigenvalue weighted by Crippen LogP contribution is -2.28. The molecule has 0 aromatic carbocycles. The highest BCUT2D eigenvalue weighted by Gasteiger charge is 2.27. The molecule has 2 nitrogen and oxygen atoms in total. The van der Waals surface area contributed by atoms with Gasteiger partial charge in [-0.2, -0.15) is 0 Å². The molecular formula is C14H22N2. The first-order valence-electron chi connectivity index (χ1n) is 5.91. The average Bonchev–Trinajstić information content (AvgIpc) is 2.53. The molecule has 1 N–H and O–H groups in total. The molecule has 0 spiro atoms. The zero-order chi connectivity index (χ0) is 12.1. The molecule has 2 heterocycles. The van der Waals surface area contributed by atoms with E-state index in [1.165, 1.54) is 16.7 Å². The Morgan fingerprint density at radius 1 is 1.06 bits per heavy atom. The third-order valence-electron chi connectivity index (χ3n) is 2.95. The van der Waals surface area contributed by atoms with E-state index in [0.717, 1.165) is 0 Å². The van der Waals surface area contributed by atoms with E-state index in [0.29, 0.717) is 0 Å². The summed E-state index contributed by atoms with van der Waals surface area (Å²) in [5.74, 6) is 0. The summed E-state index contributed by atoms with van der Waals surface area (Å²) < 4.78 is 2.42. The van der Waals surface area contributed by atoms with Gasteiger partial charge in [0.2, 0.25) is 0 Å². The molecule has 0 fully saturated rings. The Morgan fingerprint density at radius 3 is 2.19 bits per heavy atom. The van der Waals surface area contributed by atoms with Crippen LogP contribution in [0, 0.1) is 0 Å². The van der Waals surface area contributed by atoms with Crippen LogP contribution in [-0.4, -0.2) is 9.55 Å². The number of aromatic nitrogens is 2. The molecule has 2 aromatic heterocycles. The van der Waals surface area contributed by atoms with Crippen molar-refractivity contribution in [2.45, 2.75) is 52.5 Å². The first-order valence-corrected chi connectivity index (χ1v) is 5.91. The fourth-order valence-corrected chi connectivity index (χ4v) is 2.26. The number of rotatable bonds is 0.